The molecule has 4 rings (SSSR count). The Hall–Kier alpha value is -1.86. The molecule has 2 aliphatic rings. The molecule has 0 saturated carbocycles. The Kier molecular flexibility index (Phi) is 7.67. The number of hydrogen-bond donors (Lipinski definition) is 2. The van der Waals surface area contributed by atoms with E-state index in [4.69, 9.17) is 0 Å². The maximum Gasteiger partial charge on any atom is 0.123 e. The van der Waals surface area contributed by atoms with Gasteiger partial charge in [-0.2, -0.15) is 0 Å². The van der Waals surface area contributed by atoms with Crippen molar-refractivity contribution in [2.75, 3.05) is 46.3 Å². The standard InChI is InChI=1S/C25H34F2N4/c1-30(18-22-15-28-29-25(22)21-5-2-6-24(27)14-21)16-20-4-3-12-31(17-20)13-11-19-7-9-23(26)10-8-19/h2,5-10,14,20,22,25,28-29H,3-4,11-13,15-18H2,1H3. The van der Waals surface area contributed by atoms with E-state index in [0.717, 1.165) is 51.3 Å². The van der Waals surface area contributed by atoms with Gasteiger partial charge >= 0.3 is 0 Å². The molecule has 0 spiro atoms. The van der Waals surface area contributed by atoms with E-state index in [0.29, 0.717) is 11.8 Å². The van der Waals surface area contributed by atoms with Crippen molar-refractivity contribution in [1.82, 2.24) is 20.7 Å². The molecule has 2 saturated heterocycles. The van der Waals surface area contributed by atoms with Gasteiger partial charge in [-0.3, -0.25) is 5.43 Å². The number of nitrogens with one attached hydrogen (secondary N) is 2. The maximum atomic E-state index is 13.7. The van der Waals surface area contributed by atoms with E-state index < -0.39 is 0 Å². The average Bonchev–Trinajstić information content (AvgIpc) is 3.21. The summed E-state index contributed by atoms with van der Waals surface area (Å²) >= 11 is 0. The zero-order chi connectivity index (χ0) is 21.6. The van der Waals surface area contributed by atoms with Gasteiger partial charge in [-0.1, -0.05) is 24.3 Å². The van der Waals surface area contributed by atoms with Crippen LogP contribution in [0.3, 0.4) is 0 Å². The lowest BCUT2D eigenvalue weighted by Gasteiger charge is -2.35. The first-order valence-corrected chi connectivity index (χ1v) is 11.5. The highest BCUT2D eigenvalue weighted by molar-refractivity contribution is 5.22. The van der Waals surface area contributed by atoms with E-state index in [1.165, 1.54) is 24.5 Å². The van der Waals surface area contributed by atoms with Gasteiger partial charge in [-0.15, -0.1) is 0 Å². The second kappa shape index (κ2) is 10.6. The zero-order valence-electron chi connectivity index (χ0n) is 18.4. The summed E-state index contributed by atoms with van der Waals surface area (Å²) in [7, 11) is 2.21. The van der Waals surface area contributed by atoms with Crippen LogP contribution in [0.5, 0.6) is 0 Å². The fourth-order valence-electron chi connectivity index (χ4n) is 5.12. The first-order valence-electron chi connectivity index (χ1n) is 11.5. The van der Waals surface area contributed by atoms with Crippen molar-refractivity contribution >= 4 is 0 Å². The third-order valence-corrected chi connectivity index (χ3v) is 6.65. The highest BCUT2D eigenvalue weighted by Gasteiger charge is 2.30. The summed E-state index contributed by atoms with van der Waals surface area (Å²) in [5.74, 6) is 0.727. The molecule has 3 atom stereocenters. The van der Waals surface area contributed by atoms with Crippen LogP contribution in [0, 0.1) is 23.5 Å². The Morgan fingerprint density at radius 3 is 2.71 bits per heavy atom. The lowest BCUT2D eigenvalue weighted by molar-refractivity contribution is 0.137. The first-order chi connectivity index (χ1) is 15.1. The minimum Gasteiger partial charge on any atom is -0.306 e. The molecule has 2 fully saturated rings. The molecule has 168 valence electrons. The van der Waals surface area contributed by atoms with E-state index in [-0.39, 0.29) is 17.7 Å². The predicted octanol–water partition coefficient (Wildman–Crippen LogP) is 3.62. The summed E-state index contributed by atoms with van der Waals surface area (Å²) < 4.78 is 26.8. The Morgan fingerprint density at radius 2 is 1.90 bits per heavy atom. The number of rotatable bonds is 8. The highest BCUT2D eigenvalue weighted by atomic mass is 19.1. The lowest BCUT2D eigenvalue weighted by atomic mass is 9.93. The van der Waals surface area contributed by atoms with Crippen LogP contribution in [0.1, 0.15) is 30.0 Å². The fourth-order valence-corrected chi connectivity index (χ4v) is 5.12. The molecule has 0 aromatic heterocycles. The lowest BCUT2D eigenvalue weighted by Crippen LogP contribution is -2.42. The monoisotopic (exact) mass is 428 g/mol. The third-order valence-electron chi connectivity index (χ3n) is 6.65. The summed E-state index contributed by atoms with van der Waals surface area (Å²) in [5.41, 5.74) is 8.80. The Balaban J connectivity index is 1.25. The van der Waals surface area contributed by atoms with Crippen molar-refractivity contribution < 1.29 is 8.78 Å². The van der Waals surface area contributed by atoms with Crippen LogP contribution in [0.25, 0.3) is 0 Å². The molecular weight excluding hydrogens is 394 g/mol. The van der Waals surface area contributed by atoms with Crippen molar-refractivity contribution in [3.8, 4) is 0 Å². The molecular formula is C25H34F2N4. The Morgan fingerprint density at radius 1 is 1.06 bits per heavy atom. The van der Waals surface area contributed by atoms with Crippen LogP contribution in [0.2, 0.25) is 0 Å². The number of piperidine rings is 1. The summed E-state index contributed by atoms with van der Waals surface area (Å²) in [6, 6.07) is 13.9. The smallest absolute Gasteiger partial charge is 0.123 e. The van der Waals surface area contributed by atoms with E-state index in [1.54, 1.807) is 24.3 Å². The molecule has 2 heterocycles. The van der Waals surface area contributed by atoms with Gasteiger partial charge < -0.3 is 9.80 Å². The largest absolute Gasteiger partial charge is 0.306 e. The molecule has 4 nitrogen and oxygen atoms in total. The molecule has 2 aliphatic heterocycles. The molecule has 2 aromatic carbocycles. The second-order valence-corrected chi connectivity index (χ2v) is 9.22. The van der Waals surface area contributed by atoms with Crippen LogP contribution in [0.15, 0.2) is 48.5 Å². The van der Waals surface area contributed by atoms with Crippen LogP contribution in [-0.2, 0) is 6.42 Å². The van der Waals surface area contributed by atoms with Crippen LogP contribution >= 0.6 is 0 Å². The number of hydrogen-bond acceptors (Lipinski definition) is 4. The van der Waals surface area contributed by atoms with Gasteiger partial charge in [-0.05, 0) is 74.2 Å². The molecule has 0 amide bonds. The molecule has 3 unspecified atom stereocenters. The van der Waals surface area contributed by atoms with Gasteiger partial charge in [0.25, 0.3) is 0 Å². The van der Waals surface area contributed by atoms with Crippen molar-refractivity contribution in [2.45, 2.75) is 25.3 Å². The number of hydrazine groups is 1. The van der Waals surface area contributed by atoms with Crippen LogP contribution in [-0.4, -0.2) is 56.1 Å². The zero-order valence-corrected chi connectivity index (χ0v) is 18.4. The van der Waals surface area contributed by atoms with Crippen LogP contribution in [0.4, 0.5) is 8.78 Å². The van der Waals surface area contributed by atoms with Crippen molar-refractivity contribution in [2.24, 2.45) is 11.8 Å². The quantitative estimate of drug-likeness (QED) is 0.673. The molecule has 0 bridgehead atoms. The van der Waals surface area contributed by atoms with E-state index in [2.05, 4.69) is 27.7 Å². The Bertz CT molecular complexity index is 829. The summed E-state index contributed by atoms with van der Waals surface area (Å²) in [4.78, 5) is 5.00. The molecule has 0 aliphatic carbocycles. The summed E-state index contributed by atoms with van der Waals surface area (Å²) in [6.45, 7) is 6.26. The molecule has 0 radical (unpaired) electrons. The van der Waals surface area contributed by atoms with Crippen molar-refractivity contribution in [3.05, 3.63) is 71.3 Å². The van der Waals surface area contributed by atoms with Gasteiger partial charge in [0, 0.05) is 38.6 Å². The summed E-state index contributed by atoms with van der Waals surface area (Å²) in [6.07, 6.45) is 3.48. The minimum atomic E-state index is -0.179. The second-order valence-electron chi connectivity index (χ2n) is 9.22. The normalized spacial score (nSPS) is 24.7. The maximum absolute atomic E-state index is 13.7. The van der Waals surface area contributed by atoms with Gasteiger partial charge in [0.2, 0.25) is 0 Å². The van der Waals surface area contributed by atoms with Crippen LogP contribution < -0.4 is 10.9 Å². The highest BCUT2D eigenvalue weighted by Crippen LogP contribution is 2.27. The summed E-state index contributed by atoms with van der Waals surface area (Å²) in [5, 5.41) is 0. The molecule has 2 aromatic rings. The molecule has 6 heteroatoms. The van der Waals surface area contributed by atoms with Gasteiger partial charge in [0.05, 0.1) is 6.04 Å². The third kappa shape index (κ3) is 6.32. The van der Waals surface area contributed by atoms with Crippen molar-refractivity contribution in [1.29, 1.82) is 0 Å². The van der Waals surface area contributed by atoms with Gasteiger partial charge in [0.15, 0.2) is 0 Å². The van der Waals surface area contributed by atoms with E-state index in [1.807, 2.05) is 18.2 Å². The number of halogens is 2. The topological polar surface area (TPSA) is 30.5 Å². The molecule has 2 N–H and O–H groups in total. The Labute approximate surface area is 184 Å². The predicted molar refractivity (Wildman–Crippen MR) is 121 cm³/mol. The van der Waals surface area contributed by atoms with E-state index in [9.17, 15) is 8.78 Å². The SMILES string of the molecule is CN(CC1CCCN(CCc2ccc(F)cc2)C1)CC1CNNC1c1cccc(F)c1. The minimum absolute atomic E-state index is 0.136. The number of benzene rings is 2. The number of likely N-dealkylation sites (tertiary alicyclic amines) is 1. The first kappa shape index (κ1) is 22.3. The van der Waals surface area contributed by atoms with E-state index >= 15 is 0 Å². The van der Waals surface area contributed by atoms with Gasteiger partial charge in [-0.25, -0.2) is 14.2 Å². The van der Waals surface area contributed by atoms with Crippen molar-refractivity contribution in [3.63, 3.8) is 0 Å². The average molecular weight is 429 g/mol. The molecule has 31 heavy (non-hydrogen) atoms. The fraction of sp³-hybridized carbons (Fsp3) is 0.520. The van der Waals surface area contributed by atoms with Gasteiger partial charge in [0.1, 0.15) is 11.6 Å². The number of nitrogens with zero attached hydrogens (tertiary/aromatic N) is 2.